The van der Waals surface area contributed by atoms with Crippen LogP contribution in [0.1, 0.15) is 23.6 Å². The molecule has 4 nitrogen and oxygen atoms in total. The summed E-state index contributed by atoms with van der Waals surface area (Å²) in [5.74, 6) is -3.87. The Hall–Kier alpha value is -2.31. The highest BCUT2D eigenvalue weighted by Crippen LogP contribution is 2.32. The maximum Gasteiger partial charge on any atom is 0.223 e. The zero-order chi connectivity index (χ0) is 15.9. The zero-order valence-corrected chi connectivity index (χ0v) is 11.9. The first-order valence-corrected chi connectivity index (χ1v) is 6.85. The summed E-state index contributed by atoms with van der Waals surface area (Å²) < 4.78 is 42.1. The molecule has 1 aromatic carbocycles. The van der Waals surface area contributed by atoms with E-state index in [0.717, 1.165) is 11.8 Å². The van der Waals surface area contributed by atoms with Crippen LogP contribution in [0.4, 0.5) is 13.2 Å². The molecular weight excluding hydrogens is 295 g/mol. The average molecular weight is 309 g/mol. The van der Waals surface area contributed by atoms with Crippen molar-refractivity contribution in [2.24, 2.45) is 7.05 Å². The second kappa shape index (κ2) is 5.47. The van der Waals surface area contributed by atoms with Crippen molar-refractivity contribution in [1.29, 1.82) is 0 Å². The Morgan fingerprint density at radius 1 is 1.32 bits per heavy atom. The lowest BCUT2D eigenvalue weighted by molar-refractivity contribution is -0.128. The van der Waals surface area contributed by atoms with Crippen LogP contribution in [0.2, 0.25) is 0 Å². The molecule has 1 aromatic heterocycles. The Bertz CT molecular complexity index is 729. The maximum atomic E-state index is 13.8. The molecule has 116 valence electrons. The molecule has 1 aliphatic rings. The number of likely N-dealkylation sites (tertiary alicyclic amines) is 1. The van der Waals surface area contributed by atoms with Crippen molar-refractivity contribution in [3.8, 4) is 0 Å². The fourth-order valence-electron chi connectivity index (χ4n) is 2.76. The van der Waals surface area contributed by atoms with Gasteiger partial charge < -0.3 is 4.90 Å². The normalized spacial score (nSPS) is 18.3. The van der Waals surface area contributed by atoms with E-state index in [9.17, 15) is 18.0 Å². The lowest BCUT2D eigenvalue weighted by Gasteiger charge is -2.17. The van der Waals surface area contributed by atoms with Gasteiger partial charge in [-0.15, -0.1) is 0 Å². The SMILES string of the molecule is Cn1nccc1CN1CC(c2cc(F)cc(F)c2F)CC1=O. The summed E-state index contributed by atoms with van der Waals surface area (Å²) >= 11 is 0. The van der Waals surface area contributed by atoms with Crippen molar-refractivity contribution in [2.75, 3.05) is 6.54 Å². The van der Waals surface area contributed by atoms with Crippen molar-refractivity contribution in [1.82, 2.24) is 14.7 Å². The highest BCUT2D eigenvalue weighted by Gasteiger charge is 2.33. The van der Waals surface area contributed by atoms with Gasteiger partial charge in [0.15, 0.2) is 11.6 Å². The second-order valence-corrected chi connectivity index (χ2v) is 5.41. The highest BCUT2D eigenvalue weighted by atomic mass is 19.2. The molecule has 1 amide bonds. The topological polar surface area (TPSA) is 38.1 Å². The number of nitrogens with zero attached hydrogens (tertiary/aromatic N) is 3. The summed E-state index contributed by atoms with van der Waals surface area (Å²) in [6.45, 7) is 0.565. The van der Waals surface area contributed by atoms with E-state index in [4.69, 9.17) is 0 Å². The van der Waals surface area contributed by atoms with Gasteiger partial charge in [0, 0.05) is 38.2 Å². The van der Waals surface area contributed by atoms with E-state index < -0.39 is 23.4 Å². The van der Waals surface area contributed by atoms with Gasteiger partial charge in [0.2, 0.25) is 5.91 Å². The minimum atomic E-state index is -1.23. The number of aryl methyl sites for hydroxylation is 1. The molecular formula is C15H14F3N3O. The van der Waals surface area contributed by atoms with Gasteiger partial charge >= 0.3 is 0 Å². The van der Waals surface area contributed by atoms with Crippen LogP contribution in [0.25, 0.3) is 0 Å². The van der Waals surface area contributed by atoms with Crippen LogP contribution in [0.5, 0.6) is 0 Å². The molecule has 7 heteroatoms. The largest absolute Gasteiger partial charge is 0.336 e. The molecule has 2 aromatic rings. The van der Waals surface area contributed by atoms with Gasteiger partial charge in [-0.25, -0.2) is 13.2 Å². The Labute approximate surface area is 125 Å². The van der Waals surface area contributed by atoms with E-state index in [1.165, 1.54) is 0 Å². The number of carbonyl (C=O) groups is 1. The molecule has 1 saturated heterocycles. The van der Waals surface area contributed by atoms with Crippen molar-refractivity contribution in [2.45, 2.75) is 18.9 Å². The Balaban J connectivity index is 1.82. The van der Waals surface area contributed by atoms with E-state index in [2.05, 4.69) is 5.10 Å². The maximum absolute atomic E-state index is 13.8. The summed E-state index contributed by atoms with van der Waals surface area (Å²) in [4.78, 5) is 13.6. The molecule has 0 spiro atoms. The summed E-state index contributed by atoms with van der Waals surface area (Å²) in [6, 6.07) is 3.25. The van der Waals surface area contributed by atoms with Crippen LogP contribution in [0, 0.1) is 17.5 Å². The standard InChI is InChI=1S/C15H14F3N3O/c1-20-11(2-3-19-20)8-21-7-9(4-14(21)22)12-5-10(16)6-13(17)15(12)18/h2-3,5-6,9H,4,7-8H2,1H3. The van der Waals surface area contributed by atoms with Crippen molar-refractivity contribution in [3.63, 3.8) is 0 Å². The first-order valence-electron chi connectivity index (χ1n) is 6.85. The predicted molar refractivity (Wildman–Crippen MR) is 72.3 cm³/mol. The Morgan fingerprint density at radius 2 is 2.09 bits per heavy atom. The van der Waals surface area contributed by atoms with Crippen molar-refractivity contribution in [3.05, 3.63) is 53.1 Å². The number of benzene rings is 1. The minimum absolute atomic E-state index is 0.0393. The van der Waals surface area contributed by atoms with Gasteiger partial charge in [0.05, 0.1) is 12.2 Å². The van der Waals surface area contributed by atoms with Crippen LogP contribution in [-0.4, -0.2) is 27.1 Å². The highest BCUT2D eigenvalue weighted by molar-refractivity contribution is 5.79. The third kappa shape index (κ3) is 2.58. The lowest BCUT2D eigenvalue weighted by Crippen LogP contribution is -2.25. The smallest absolute Gasteiger partial charge is 0.223 e. The number of aromatic nitrogens is 2. The quantitative estimate of drug-likeness (QED) is 0.816. The van der Waals surface area contributed by atoms with E-state index in [0.29, 0.717) is 12.6 Å². The molecule has 0 saturated carbocycles. The number of hydrogen-bond donors (Lipinski definition) is 0. The van der Waals surface area contributed by atoms with E-state index in [1.54, 1.807) is 28.9 Å². The second-order valence-electron chi connectivity index (χ2n) is 5.41. The Morgan fingerprint density at radius 3 is 2.77 bits per heavy atom. The van der Waals surface area contributed by atoms with Crippen LogP contribution in [-0.2, 0) is 18.4 Å². The molecule has 3 rings (SSSR count). The van der Waals surface area contributed by atoms with E-state index >= 15 is 0 Å². The fraction of sp³-hybridized carbons (Fsp3) is 0.333. The first-order chi connectivity index (χ1) is 10.5. The van der Waals surface area contributed by atoms with Crippen LogP contribution >= 0.6 is 0 Å². The number of amides is 1. The third-order valence-electron chi connectivity index (χ3n) is 3.95. The zero-order valence-electron chi connectivity index (χ0n) is 11.9. The van der Waals surface area contributed by atoms with Gasteiger partial charge in [0.1, 0.15) is 5.82 Å². The van der Waals surface area contributed by atoms with Crippen LogP contribution in [0.3, 0.4) is 0 Å². The number of halogens is 3. The first kappa shape index (κ1) is 14.6. The molecule has 0 N–H and O–H groups in total. The molecule has 22 heavy (non-hydrogen) atoms. The van der Waals surface area contributed by atoms with Gasteiger partial charge in [-0.2, -0.15) is 5.10 Å². The molecule has 2 heterocycles. The van der Waals surface area contributed by atoms with Crippen LogP contribution in [0.15, 0.2) is 24.4 Å². The van der Waals surface area contributed by atoms with Gasteiger partial charge in [-0.3, -0.25) is 9.48 Å². The van der Waals surface area contributed by atoms with Crippen LogP contribution < -0.4 is 0 Å². The fourth-order valence-corrected chi connectivity index (χ4v) is 2.76. The third-order valence-corrected chi connectivity index (χ3v) is 3.95. The predicted octanol–water partition coefficient (Wildman–Crippen LogP) is 2.35. The van der Waals surface area contributed by atoms with Gasteiger partial charge in [-0.05, 0) is 17.7 Å². The molecule has 0 aliphatic carbocycles. The molecule has 1 fully saturated rings. The average Bonchev–Trinajstić information content (AvgIpc) is 3.02. The number of hydrogen-bond acceptors (Lipinski definition) is 2. The lowest BCUT2D eigenvalue weighted by atomic mass is 9.97. The summed E-state index contributed by atoms with van der Waals surface area (Å²) in [5.41, 5.74) is 0.748. The molecule has 1 aliphatic heterocycles. The van der Waals surface area contributed by atoms with E-state index in [-0.39, 0.29) is 24.4 Å². The summed E-state index contributed by atoms with van der Waals surface area (Å²) in [7, 11) is 1.76. The molecule has 1 unspecified atom stereocenters. The number of rotatable bonds is 3. The monoisotopic (exact) mass is 309 g/mol. The summed E-state index contributed by atoms with van der Waals surface area (Å²) in [6.07, 6.45) is 1.66. The minimum Gasteiger partial charge on any atom is -0.336 e. The Kier molecular flexibility index (Phi) is 3.64. The van der Waals surface area contributed by atoms with Gasteiger partial charge in [0.25, 0.3) is 0 Å². The van der Waals surface area contributed by atoms with Crippen molar-refractivity contribution < 1.29 is 18.0 Å². The van der Waals surface area contributed by atoms with Crippen molar-refractivity contribution >= 4 is 5.91 Å². The van der Waals surface area contributed by atoms with Gasteiger partial charge in [-0.1, -0.05) is 0 Å². The van der Waals surface area contributed by atoms with E-state index in [1.807, 2.05) is 0 Å². The molecule has 1 atom stereocenters. The summed E-state index contributed by atoms with van der Waals surface area (Å²) in [5, 5.41) is 4.02. The molecule has 0 radical (unpaired) electrons. The number of carbonyl (C=O) groups excluding carboxylic acids is 1. The molecule has 0 bridgehead atoms.